The van der Waals surface area contributed by atoms with Crippen LogP contribution in [0.5, 0.6) is 0 Å². The molecule has 1 unspecified atom stereocenters. The topological polar surface area (TPSA) is 55.0 Å². The molecule has 0 radical (unpaired) electrons. The molecule has 21 heavy (non-hydrogen) atoms. The number of H-pyrrole nitrogens is 1. The van der Waals surface area contributed by atoms with Gasteiger partial charge >= 0.3 is 5.97 Å². The Labute approximate surface area is 132 Å². The Hall–Kier alpha value is -1.36. The number of hydrogen-bond donors (Lipinski definition) is 1. The standard InChI is InChI=1S/C16H19BrN2O2/c1-9-7-11(17)8-12-14(9)19-15(18-12)13(16(20)21-2)10-5-3-4-6-10/h7-8,10,13H,3-6H2,1-2H3,(H,18,19). The van der Waals surface area contributed by atoms with Crippen LogP contribution in [0, 0.1) is 12.8 Å². The van der Waals surface area contributed by atoms with Gasteiger partial charge < -0.3 is 9.72 Å². The summed E-state index contributed by atoms with van der Waals surface area (Å²) in [6.07, 6.45) is 4.50. The second-order valence-electron chi connectivity index (χ2n) is 5.79. The summed E-state index contributed by atoms with van der Waals surface area (Å²) in [4.78, 5) is 20.3. The van der Waals surface area contributed by atoms with Crippen molar-refractivity contribution in [2.45, 2.75) is 38.5 Å². The minimum atomic E-state index is -0.275. The van der Waals surface area contributed by atoms with Crippen molar-refractivity contribution >= 4 is 32.9 Å². The maximum absolute atomic E-state index is 12.2. The van der Waals surface area contributed by atoms with E-state index < -0.39 is 0 Å². The molecule has 1 aliphatic rings. The third kappa shape index (κ3) is 2.71. The molecule has 1 aromatic heterocycles. The number of esters is 1. The number of imidazole rings is 1. The van der Waals surface area contributed by atoms with Gasteiger partial charge in [-0.3, -0.25) is 4.79 Å². The quantitative estimate of drug-likeness (QED) is 0.848. The van der Waals surface area contributed by atoms with E-state index in [0.717, 1.165) is 39.7 Å². The van der Waals surface area contributed by atoms with Crippen LogP contribution in [0.2, 0.25) is 0 Å². The van der Waals surface area contributed by atoms with Crippen molar-refractivity contribution in [2.75, 3.05) is 7.11 Å². The maximum atomic E-state index is 12.2. The summed E-state index contributed by atoms with van der Waals surface area (Å²) in [6, 6.07) is 4.04. The van der Waals surface area contributed by atoms with E-state index >= 15 is 0 Å². The summed E-state index contributed by atoms with van der Waals surface area (Å²) < 4.78 is 6.03. The van der Waals surface area contributed by atoms with Crippen LogP contribution in [0.4, 0.5) is 0 Å². The van der Waals surface area contributed by atoms with Gasteiger partial charge in [-0.05, 0) is 43.4 Å². The molecule has 0 spiro atoms. The molecule has 4 nitrogen and oxygen atoms in total. The number of benzene rings is 1. The molecule has 0 saturated heterocycles. The molecule has 0 aliphatic heterocycles. The highest BCUT2D eigenvalue weighted by atomic mass is 79.9. The van der Waals surface area contributed by atoms with Gasteiger partial charge in [0, 0.05) is 4.47 Å². The number of carbonyl (C=O) groups excluding carboxylic acids is 1. The number of aryl methyl sites for hydroxylation is 1. The molecule has 0 amide bonds. The van der Waals surface area contributed by atoms with E-state index in [4.69, 9.17) is 9.72 Å². The lowest BCUT2D eigenvalue weighted by atomic mass is 9.90. The van der Waals surface area contributed by atoms with E-state index in [9.17, 15) is 4.79 Å². The lowest BCUT2D eigenvalue weighted by Gasteiger charge is -2.18. The molecular weight excluding hydrogens is 332 g/mol. The molecular formula is C16H19BrN2O2. The summed E-state index contributed by atoms with van der Waals surface area (Å²) in [7, 11) is 1.45. The number of nitrogens with zero attached hydrogens (tertiary/aromatic N) is 1. The van der Waals surface area contributed by atoms with Gasteiger partial charge in [-0.15, -0.1) is 0 Å². The molecule has 1 saturated carbocycles. The number of methoxy groups -OCH3 is 1. The molecule has 1 N–H and O–H groups in total. The van der Waals surface area contributed by atoms with Gasteiger partial charge in [0.1, 0.15) is 11.7 Å². The zero-order chi connectivity index (χ0) is 15.0. The Balaban J connectivity index is 2.06. The van der Waals surface area contributed by atoms with Crippen LogP contribution in [-0.2, 0) is 9.53 Å². The maximum Gasteiger partial charge on any atom is 0.316 e. The second-order valence-corrected chi connectivity index (χ2v) is 6.70. The summed E-state index contributed by atoms with van der Waals surface area (Å²) in [6.45, 7) is 2.03. The first-order chi connectivity index (χ1) is 10.1. The molecule has 1 heterocycles. The number of hydrogen-bond acceptors (Lipinski definition) is 3. The van der Waals surface area contributed by atoms with Crippen LogP contribution < -0.4 is 0 Å². The zero-order valence-electron chi connectivity index (χ0n) is 12.3. The van der Waals surface area contributed by atoms with E-state index in [1.54, 1.807) is 0 Å². The fourth-order valence-corrected chi connectivity index (χ4v) is 3.93. The zero-order valence-corrected chi connectivity index (χ0v) is 13.9. The predicted molar refractivity (Wildman–Crippen MR) is 85.2 cm³/mol. The van der Waals surface area contributed by atoms with Crippen LogP contribution in [0.1, 0.15) is 43.0 Å². The highest BCUT2D eigenvalue weighted by Gasteiger charge is 2.35. The van der Waals surface area contributed by atoms with E-state index in [2.05, 4.69) is 20.9 Å². The van der Waals surface area contributed by atoms with Gasteiger partial charge in [0.2, 0.25) is 0 Å². The monoisotopic (exact) mass is 350 g/mol. The second kappa shape index (κ2) is 5.79. The van der Waals surface area contributed by atoms with Gasteiger partial charge in [-0.2, -0.15) is 0 Å². The number of aromatic amines is 1. The SMILES string of the molecule is COC(=O)C(c1nc2c(C)cc(Br)cc2[nH]1)C1CCCC1. The normalized spacial score (nSPS) is 17.3. The summed E-state index contributed by atoms with van der Waals surface area (Å²) in [5.74, 6) is 0.618. The van der Waals surface area contributed by atoms with Crippen LogP contribution in [0.25, 0.3) is 11.0 Å². The average Bonchev–Trinajstić information content (AvgIpc) is 3.08. The smallest absolute Gasteiger partial charge is 0.316 e. The molecule has 0 bridgehead atoms. The minimum Gasteiger partial charge on any atom is -0.468 e. The number of aromatic nitrogens is 2. The third-order valence-electron chi connectivity index (χ3n) is 4.38. The van der Waals surface area contributed by atoms with Gasteiger partial charge in [0.25, 0.3) is 0 Å². The Morgan fingerprint density at radius 3 is 2.81 bits per heavy atom. The number of fused-ring (bicyclic) bond motifs is 1. The summed E-state index contributed by atoms with van der Waals surface area (Å²) >= 11 is 3.50. The summed E-state index contributed by atoms with van der Waals surface area (Å²) in [5.41, 5.74) is 2.99. The van der Waals surface area contributed by atoms with E-state index in [0.29, 0.717) is 5.92 Å². The van der Waals surface area contributed by atoms with Gasteiger partial charge in [-0.25, -0.2) is 4.98 Å². The number of rotatable bonds is 3. The van der Waals surface area contributed by atoms with Crippen LogP contribution in [0.15, 0.2) is 16.6 Å². The predicted octanol–water partition coefficient (Wildman–Crippen LogP) is 4.08. The highest BCUT2D eigenvalue weighted by Crippen LogP contribution is 2.38. The van der Waals surface area contributed by atoms with Gasteiger partial charge in [-0.1, -0.05) is 28.8 Å². The van der Waals surface area contributed by atoms with Crippen LogP contribution in [-0.4, -0.2) is 23.0 Å². The fourth-order valence-electron chi connectivity index (χ4n) is 3.36. The largest absolute Gasteiger partial charge is 0.468 e. The Morgan fingerprint density at radius 2 is 2.14 bits per heavy atom. The number of carbonyl (C=O) groups is 1. The number of halogens is 1. The first-order valence-electron chi connectivity index (χ1n) is 7.33. The molecule has 3 rings (SSSR count). The van der Waals surface area contributed by atoms with E-state index in [1.165, 1.54) is 20.0 Å². The fraction of sp³-hybridized carbons (Fsp3) is 0.500. The van der Waals surface area contributed by atoms with Crippen LogP contribution in [0.3, 0.4) is 0 Å². The van der Waals surface area contributed by atoms with Crippen LogP contribution >= 0.6 is 15.9 Å². The molecule has 1 atom stereocenters. The van der Waals surface area contributed by atoms with E-state index in [-0.39, 0.29) is 11.9 Å². The average molecular weight is 351 g/mol. The van der Waals surface area contributed by atoms with Crippen molar-refractivity contribution in [3.63, 3.8) is 0 Å². The Bertz CT molecular complexity index is 674. The van der Waals surface area contributed by atoms with Crippen molar-refractivity contribution in [2.24, 2.45) is 5.92 Å². The van der Waals surface area contributed by atoms with Crippen molar-refractivity contribution in [1.29, 1.82) is 0 Å². The van der Waals surface area contributed by atoms with Gasteiger partial charge in [0.05, 0.1) is 18.1 Å². The first-order valence-corrected chi connectivity index (χ1v) is 8.13. The molecule has 112 valence electrons. The number of nitrogens with one attached hydrogen (secondary N) is 1. The van der Waals surface area contributed by atoms with Crippen molar-refractivity contribution in [3.05, 3.63) is 28.0 Å². The van der Waals surface area contributed by atoms with E-state index in [1.807, 2.05) is 19.1 Å². The molecule has 1 aliphatic carbocycles. The number of ether oxygens (including phenoxy) is 1. The summed E-state index contributed by atoms with van der Waals surface area (Å²) in [5, 5.41) is 0. The lowest BCUT2D eigenvalue weighted by molar-refractivity contribution is -0.144. The third-order valence-corrected chi connectivity index (χ3v) is 4.84. The highest BCUT2D eigenvalue weighted by molar-refractivity contribution is 9.10. The molecule has 2 aromatic rings. The Kier molecular flexibility index (Phi) is 4.02. The minimum absolute atomic E-state index is 0.183. The molecule has 1 fully saturated rings. The van der Waals surface area contributed by atoms with Crippen molar-refractivity contribution in [1.82, 2.24) is 9.97 Å². The Morgan fingerprint density at radius 1 is 1.43 bits per heavy atom. The lowest BCUT2D eigenvalue weighted by Crippen LogP contribution is -2.22. The first kappa shape index (κ1) is 14.6. The van der Waals surface area contributed by atoms with Crippen molar-refractivity contribution in [3.8, 4) is 0 Å². The molecule has 5 heteroatoms. The van der Waals surface area contributed by atoms with Gasteiger partial charge in [0.15, 0.2) is 0 Å². The molecule has 1 aromatic carbocycles. The van der Waals surface area contributed by atoms with Crippen molar-refractivity contribution < 1.29 is 9.53 Å².